The van der Waals surface area contributed by atoms with Crippen LogP contribution in [-0.4, -0.2) is 11.1 Å². The highest BCUT2D eigenvalue weighted by atomic mass is 16.6. The minimum Gasteiger partial charge on any atom is -0.502 e. The molecule has 0 aromatic carbocycles. The van der Waals surface area contributed by atoms with E-state index in [2.05, 4.69) is 4.42 Å². The normalized spacial score (nSPS) is 10.2. The standard InChI is InChI=1S/C9H10O5/c1-5(2)9(12)14-8-3-6(10)7(11)4-13-8/h3-5,11H,1-2H3. The molecule has 0 radical (unpaired) electrons. The highest BCUT2D eigenvalue weighted by Gasteiger charge is 2.12. The fraction of sp³-hybridized carbons (Fsp3) is 0.333. The molecule has 0 saturated carbocycles. The number of esters is 1. The third kappa shape index (κ3) is 2.35. The van der Waals surface area contributed by atoms with Crippen molar-refractivity contribution in [2.45, 2.75) is 13.8 Å². The Morgan fingerprint density at radius 3 is 2.71 bits per heavy atom. The van der Waals surface area contributed by atoms with Gasteiger partial charge in [-0.15, -0.1) is 0 Å². The number of ether oxygens (including phenoxy) is 1. The summed E-state index contributed by atoms with van der Waals surface area (Å²) in [6, 6.07) is 0.912. The van der Waals surface area contributed by atoms with Crippen molar-refractivity contribution in [2.75, 3.05) is 0 Å². The predicted molar refractivity (Wildman–Crippen MR) is 47.1 cm³/mol. The fourth-order valence-electron chi connectivity index (χ4n) is 0.657. The van der Waals surface area contributed by atoms with E-state index in [0.29, 0.717) is 0 Å². The zero-order chi connectivity index (χ0) is 10.7. The molecule has 0 atom stereocenters. The van der Waals surface area contributed by atoms with Crippen LogP contribution in [0.5, 0.6) is 11.7 Å². The van der Waals surface area contributed by atoms with E-state index >= 15 is 0 Å². The van der Waals surface area contributed by atoms with Crippen molar-refractivity contribution < 1.29 is 19.1 Å². The maximum Gasteiger partial charge on any atom is 0.316 e. The molecule has 0 unspecified atom stereocenters. The summed E-state index contributed by atoms with van der Waals surface area (Å²) in [5.41, 5.74) is -0.650. The van der Waals surface area contributed by atoms with Gasteiger partial charge in [0.25, 0.3) is 5.95 Å². The third-order valence-electron chi connectivity index (χ3n) is 1.46. The summed E-state index contributed by atoms with van der Waals surface area (Å²) in [5.74, 6) is -1.55. The van der Waals surface area contributed by atoms with Gasteiger partial charge in [-0.1, -0.05) is 13.8 Å². The maximum absolute atomic E-state index is 11.1. The SMILES string of the molecule is CC(C)C(=O)Oc1cc(=O)c(O)co1. The quantitative estimate of drug-likeness (QED) is 0.714. The Kier molecular flexibility index (Phi) is 2.91. The molecule has 14 heavy (non-hydrogen) atoms. The summed E-state index contributed by atoms with van der Waals surface area (Å²) in [7, 11) is 0. The van der Waals surface area contributed by atoms with Crippen LogP contribution >= 0.6 is 0 Å². The van der Waals surface area contributed by atoms with Crippen molar-refractivity contribution in [3.05, 3.63) is 22.6 Å². The summed E-state index contributed by atoms with van der Waals surface area (Å²) in [5, 5.41) is 8.84. The summed E-state index contributed by atoms with van der Waals surface area (Å²) in [6.07, 6.45) is 0.825. The first-order chi connectivity index (χ1) is 6.50. The molecule has 0 aliphatic rings. The molecule has 0 fully saturated rings. The average Bonchev–Trinajstić information content (AvgIpc) is 2.11. The highest BCUT2D eigenvalue weighted by Crippen LogP contribution is 2.12. The van der Waals surface area contributed by atoms with Gasteiger partial charge in [-0.2, -0.15) is 0 Å². The largest absolute Gasteiger partial charge is 0.502 e. The lowest BCUT2D eigenvalue weighted by Crippen LogP contribution is -2.15. The molecule has 1 aromatic heterocycles. The molecule has 5 nitrogen and oxygen atoms in total. The fourth-order valence-corrected chi connectivity index (χ4v) is 0.657. The number of hydrogen-bond donors (Lipinski definition) is 1. The molecule has 0 aliphatic heterocycles. The Morgan fingerprint density at radius 2 is 2.21 bits per heavy atom. The monoisotopic (exact) mass is 198 g/mol. The molecule has 1 heterocycles. The van der Waals surface area contributed by atoms with E-state index in [1.807, 2.05) is 0 Å². The van der Waals surface area contributed by atoms with Crippen LogP contribution in [0.15, 0.2) is 21.5 Å². The first-order valence-electron chi connectivity index (χ1n) is 4.04. The van der Waals surface area contributed by atoms with Crippen LogP contribution in [0.1, 0.15) is 13.8 Å². The van der Waals surface area contributed by atoms with Crippen LogP contribution in [0.25, 0.3) is 0 Å². The van der Waals surface area contributed by atoms with Crippen LogP contribution in [0, 0.1) is 5.92 Å². The Morgan fingerprint density at radius 1 is 1.57 bits per heavy atom. The Labute approximate surface area is 79.9 Å². The van der Waals surface area contributed by atoms with E-state index in [1.165, 1.54) is 0 Å². The smallest absolute Gasteiger partial charge is 0.316 e. The van der Waals surface area contributed by atoms with Gasteiger partial charge in [0.2, 0.25) is 5.43 Å². The Bertz CT molecular complexity index is 390. The molecule has 0 saturated heterocycles. The molecule has 1 N–H and O–H groups in total. The predicted octanol–water partition coefficient (Wildman–Crippen LogP) is 0.907. The first kappa shape index (κ1) is 10.3. The van der Waals surface area contributed by atoms with Crippen LogP contribution in [0.2, 0.25) is 0 Å². The molecule has 5 heteroatoms. The number of carbonyl (C=O) groups is 1. The Balaban J connectivity index is 2.84. The van der Waals surface area contributed by atoms with Gasteiger partial charge in [-0.25, -0.2) is 0 Å². The van der Waals surface area contributed by atoms with Crippen LogP contribution in [-0.2, 0) is 4.79 Å². The lowest BCUT2D eigenvalue weighted by molar-refractivity contribution is -0.139. The minimum atomic E-state index is -0.650. The van der Waals surface area contributed by atoms with Crippen LogP contribution in [0.3, 0.4) is 0 Å². The summed E-state index contributed by atoms with van der Waals surface area (Å²) < 4.78 is 9.36. The topological polar surface area (TPSA) is 76.7 Å². The number of aromatic hydroxyl groups is 1. The van der Waals surface area contributed by atoms with Gasteiger partial charge >= 0.3 is 5.97 Å². The lowest BCUT2D eigenvalue weighted by Gasteiger charge is -2.04. The van der Waals surface area contributed by atoms with E-state index in [1.54, 1.807) is 13.8 Å². The van der Waals surface area contributed by atoms with Gasteiger partial charge < -0.3 is 14.3 Å². The number of carbonyl (C=O) groups excluding carboxylic acids is 1. The van der Waals surface area contributed by atoms with Gasteiger partial charge in [-0.05, 0) is 0 Å². The number of rotatable bonds is 2. The zero-order valence-electron chi connectivity index (χ0n) is 7.81. The van der Waals surface area contributed by atoms with E-state index in [9.17, 15) is 9.59 Å². The molecule has 0 spiro atoms. The second kappa shape index (κ2) is 3.95. The van der Waals surface area contributed by atoms with Crippen molar-refractivity contribution in [3.8, 4) is 11.7 Å². The molecule has 0 aliphatic carbocycles. The summed E-state index contributed by atoms with van der Waals surface area (Å²) in [4.78, 5) is 22.0. The van der Waals surface area contributed by atoms with Gasteiger partial charge in [0.05, 0.1) is 12.0 Å². The molecular weight excluding hydrogens is 188 g/mol. The van der Waals surface area contributed by atoms with Crippen molar-refractivity contribution in [2.24, 2.45) is 5.92 Å². The van der Waals surface area contributed by atoms with E-state index in [0.717, 1.165) is 12.3 Å². The molecule has 0 amide bonds. The second-order valence-corrected chi connectivity index (χ2v) is 3.02. The Hall–Kier alpha value is -1.78. The van der Waals surface area contributed by atoms with Crippen molar-refractivity contribution in [3.63, 3.8) is 0 Å². The van der Waals surface area contributed by atoms with Crippen molar-refractivity contribution in [1.82, 2.24) is 0 Å². The van der Waals surface area contributed by atoms with Gasteiger partial charge in [0.1, 0.15) is 6.26 Å². The van der Waals surface area contributed by atoms with E-state index < -0.39 is 17.1 Å². The van der Waals surface area contributed by atoms with Crippen molar-refractivity contribution in [1.29, 1.82) is 0 Å². The van der Waals surface area contributed by atoms with Crippen LogP contribution in [0.4, 0.5) is 0 Å². The molecular formula is C9H10O5. The van der Waals surface area contributed by atoms with E-state index in [-0.39, 0.29) is 11.9 Å². The molecule has 0 bridgehead atoms. The van der Waals surface area contributed by atoms with E-state index in [4.69, 9.17) is 9.84 Å². The van der Waals surface area contributed by atoms with Gasteiger partial charge in [0.15, 0.2) is 5.75 Å². The zero-order valence-corrected chi connectivity index (χ0v) is 7.81. The maximum atomic E-state index is 11.1. The first-order valence-corrected chi connectivity index (χ1v) is 4.04. The summed E-state index contributed by atoms with van der Waals surface area (Å²) in [6.45, 7) is 3.31. The minimum absolute atomic E-state index is 0.216. The van der Waals surface area contributed by atoms with Gasteiger partial charge in [0, 0.05) is 0 Å². The highest BCUT2D eigenvalue weighted by molar-refractivity contribution is 5.73. The second-order valence-electron chi connectivity index (χ2n) is 3.02. The third-order valence-corrected chi connectivity index (χ3v) is 1.46. The summed E-state index contributed by atoms with van der Waals surface area (Å²) >= 11 is 0. The van der Waals surface area contributed by atoms with Crippen LogP contribution < -0.4 is 10.2 Å². The average molecular weight is 198 g/mol. The molecule has 1 aromatic rings. The lowest BCUT2D eigenvalue weighted by atomic mass is 10.2. The number of hydrogen-bond acceptors (Lipinski definition) is 5. The molecule has 1 rings (SSSR count). The van der Waals surface area contributed by atoms with Crippen molar-refractivity contribution >= 4 is 5.97 Å². The molecule has 76 valence electrons. The van der Waals surface area contributed by atoms with Gasteiger partial charge in [-0.3, -0.25) is 9.59 Å².